The summed E-state index contributed by atoms with van der Waals surface area (Å²) in [5, 5.41) is 12.2. The van der Waals surface area contributed by atoms with Crippen LogP contribution in [-0.4, -0.2) is 69.6 Å². The smallest absolute Gasteiger partial charge is 0.335 e. The number of nitrogens with one attached hydrogen (secondary N) is 2. The van der Waals surface area contributed by atoms with E-state index in [0.717, 1.165) is 30.7 Å². The summed E-state index contributed by atoms with van der Waals surface area (Å²) in [5.74, 6) is -1.79. The molecule has 1 fully saturated rings. The summed E-state index contributed by atoms with van der Waals surface area (Å²) in [6.07, 6.45) is 0.864. The molecule has 178 valence electrons. The quantitative estimate of drug-likeness (QED) is 0.504. The summed E-state index contributed by atoms with van der Waals surface area (Å²) in [6.45, 7) is 5.13. The van der Waals surface area contributed by atoms with Gasteiger partial charge in [-0.25, -0.2) is 17.6 Å². The topological polar surface area (TPSA) is 119 Å². The van der Waals surface area contributed by atoms with Crippen LogP contribution in [0.2, 0.25) is 0 Å². The number of sulfonamides is 1. The van der Waals surface area contributed by atoms with Crippen molar-refractivity contribution in [3.63, 3.8) is 0 Å². The summed E-state index contributed by atoms with van der Waals surface area (Å²) in [7, 11) is -4.07. The standard InChI is InChI=1S/C22H27FN4O5S/c1-2-9-24-21(28)15-26-10-12-27(13-11-26)20-8-3-16(22(29)30)14-19(20)25-33(31,32)18-6-4-17(23)5-7-18/h3-8,14,25H,2,9-13,15H2,1H3,(H,24,28)(H,29,30). The number of rotatable bonds is 9. The molecule has 9 nitrogen and oxygen atoms in total. The lowest BCUT2D eigenvalue weighted by Gasteiger charge is -2.36. The van der Waals surface area contributed by atoms with Gasteiger partial charge in [0.25, 0.3) is 10.0 Å². The normalized spacial score (nSPS) is 14.7. The Balaban J connectivity index is 1.78. The molecule has 3 rings (SSSR count). The number of piperazine rings is 1. The molecule has 2 aromatic rings. The Morgan fingerprint density at radius 3 is 2.33 bits per heavy atom. The second-order valence-electron chi connectivity index (χ2n) is 7.71. The van der Waals surface area contributed by atoms with Crippen LogP contribution in [0.5, 0.6) is 0 Å². The van der Waals surface area contributed by atoms with Gasteiger partial charge in [0.15, 0.2) is 0 Å². The second-order valence-corrected chi connectivity index (χ2v) is 9.39. The van der Waals surface area contributed by atoms with Gasteiger partial charge in [0.1, 0.15) is 5.82 Å². The third kappa shape index (κ3) is 6.42. The molecule has 2 aromatic carbocycles. The first-order valence-electron chi connectivity index (χ1n) is 10.6. The van der Waals surface area contributed by atoms with E-state index in [1.165, 1.54) is 12.1 Å². The number of hydrogen-bond donors (Lipinski definition) is 3. The van der Waals surface area contributed by atoms with Gasteiger partial charge in [0.05, 0.1) is 28.4 Å². The first kappa shape index (κ1) is 24.5. The Morgan fingerprint density at radius 2 is 1.73 bits per heavy atom. The fourth-order valence-electron chi connectivity index (χ4n) is 3.51. The Labute approximate surface area is 192 Å². The van der Waals surface area contributed by atoms with E-state index in [1.807, 2.05) is 16.7 Å². The van der Waals surface area contributed by atoms with E-state index >= 15 is 0 Å². The van der Waals surface area contributed by atoms with Crippen molar-refractivity contribution in [2.45, 2.75) is 18.2 Å². The van der Waals surface area contributed by atoms with Gasteiger partial charge in [-0.3, -0.25) is 14.4 Å². The van der Waals surface area contributed by atoms with Crippen LogP contribution in [0.25, 0.3) is 0 Å². The Bertz CT molecular complexity index is 1100. The van der Waals surface area contributed by atoms with E-state index in [9.17, 15) is 27.5 Å². The average molecular weight is 479 g/mol. The number of hydrogen-bond acceptors (Lipinski definition) is 6. The number of carboxylic acid groups (broad SMARTS) is 1. The molecule has 1 aliphatic heterocycles. The van der Waals surface area contributed by atoms with Gasteiger partial charge in [-0.15, -0.1) is 0 Å². The minimum absolute atomic E-state index is 0.0381. The number of anilines is 2. The van der Waals surface area contributed by atoms with Crippen LogP contribution in [0.4, 0.5) is 15.8 Å². The molecule has 0 atom stereocenters. The van der Waals surface area contributed by atoms with Crippen LogP contribution in [0, 0.1) is 5.82 Å². The molecule has 1 saturated heterocycles. The van der Waals surface area contributed by atoms with Crippen molar-refractivity contribution in [2.24, 2.45) is 0 Å². The zero-order valence-corrected chi connectivity index (χ0v) is 19.1. The van der Waals surface area contributed by atoms with Crippen LogP contribution in [-0.2, 0) is 14.8 Å². The van der Waals surface area contributed by atoms with E-state index in [4.69, 9.17) is 0 Å². The second kappa shape index (κ2) is 10.6. The van der Waals surface area contributed by atoms with Crippen molar-refractivity contribution in [2.75, 3.05) is 48.9 Å². The molecule has 0 aromatic heterocycles. The lowest BCUT2D eigenvalue weighted by atomic mass is 10.1. The fraction of sp³-hybridized carbons (Fsp3) is 0.364. The highest BCUT2D eigenvalue weighted by molar-refractivity contribution is 7.92. The van der Waals surface area contributed by atoms with E-state index < -0.39 is 21.8 Å². The molecule has 0 aliphatic carbocycles. The molecule has 11 heteroatoms. The highest BCUT2D eigenvalue weighted by Crippen LogP contribution is 2.30. The molecule has 0 bridgehead atoms. The van der Waals surface area contributed by atoms with Crippen molar-refractivity contribution < 1.29 is 27.5 Å². The summed E-state index contributed by atoms with van der Waals surface area (Å²) < 4.78 is 41.3. The SMILES string of the molecule is CCCNC(=O)CN1CCN(c2ccc(C(=O)O)cc2NS(=O)(=O)c2ccc(F)cc2)CC1. The Morgan fingerprint density at radius 1 is 1.06 bits per heavy atom. The van der Waals surface area contributed by atoms with E-state index in [2.05, 4.69) is 10.0 Å². The molecule has 0 spiro atoms. The minimum Gasteiger partial charge on any atom is -0.478 e. The molecule has 0 unspecified atom stereocenters. The molecule has 1 heterocycles. The highest BCUT2D eigenvalue weighted by Gasteiger charge is 2.24. The van der Waals surface area contributed by atoms with Crippen LogP contribution in [0.15, 0.2) is 47.4 Å². The van der Waals surface area contributed by atoms with Crippen LogP contribution >= 0.6 is 0 Å². The number of aromatic carboxylic acids is 1. The van der Waals surface area contributed by atoms with Crippen LogP contribution in [0.3, 0.4) is 0 Å². The van der Waals surface area contributed by atoms with Gasteiger partial charge >= 0.3 is 5.97 Å². The predicted octanol–water partition coefficient (Wildman–Crippen LogP) is 1.97. The summed E-state index contributed by atoms with van der Waals surface area (Å²) in [5.41, 5.74) is 0.580. The van der Waals surface area contributed by atoms with Crippen molar-refractivity contribution in [1.82, 2.24) is 10.2 Å². The predicted molar refractivity (Wildman–Crippen MR) is 123 cm³/mol. The number of amides is 1. The Hall–Kier alpha value is -3.18. The maximum absolute atomic E-state index is 13.2. The molecule has 1 aliphatic rings. The average Bonchev–Trinajstić information content (AvgIpc) is 2.78. The lowest BCUT2D eigenvalue weighted by molar-refractivity contribution is -0.122. The first-order chi connectivity index (χ1) is 15.7. The minimum atomic E-state index is -4.07. The van der Waals surface area contributed by atoms with Gasteiger partial charge in [-0.2, -0.15) is 0 Å². The molecule has 33 heavy (non-hydrogen) atoms. The molecular weight excluding hydrogens is 451 g/mol. The van der Waals surface area contributed by atoms with Gasteiger partial charge in [0.2, 0.25) is 5.91 Å². The molecular formula is C22H27FN4O5S. The first-order valence-corrected chi connectivity index (χ1v) is 12.1. The monoisotopic (exact) mass is 478 g/mol. The Kier molecular flexibility index (Phi) is 7.88. The van der Waals surface area contributed by atoms with Gasteiger partial charge in [-0.05, 0) is 48.9 Å². The van der Waals surface area contributed by atoms with E-state index in [0.29, 0.717) is 38.4 Å². The number of nitrogens with zero attached hydrogens (tertiary/aromatic N) is 2. The van der Waals surface area contributed by atoms with Crippen molar-refractivity contribution in [3.05, 3.63) is 53.8 Å². The van der Waals surface area contributed by atoms with Crippen LogP contribution < -0.4 is 14.9 Å². The number of benzene rings is 2. The van der Waals surface area contributed by atoms with Gasteiger partial charge < -0.3 is 15.3 Å². The third-order valence-corrected chi connectivity index (χ3v) is 6.65. The van der Waals surface area contributed by atoms with Crippen molar-refractivity contribution in [3.8, 4) is 0 Å². The number of carbonyl (C=O) groups excluding carboxylic acids is 1. The van der Waals surface area contributed by atoms with Crippen molar-refractivity contribution in [1.29, 1.82) is 0 Å². The zero-order valence-electron chi connectivity index (χ0n) is 18.3. The van der Waals surface area contributed by atoms with E-state index in [1.54, 1.807) is 6.07 Å². The van der Waals surface area contributed by atoms with E-state index in [-0.39, 0.29) is 28.6 Å². The van der Waals surface area contributed by atoms with Crippen LogP contribution in [0.1, 0.15) is 23.7 Å². The largest absolute Gasteiger partial charge is 0.478 e. The number of carboxylic acids is 1. The highest BCUT2D eigenvalue weighted by atomic mass is 32.2. The summed E-state index contributed by atoms with van der Waals surface area (Å²) in [6, 6.07) is 8.61. The lowest BCUT2D eigenvalue weighted by Crippen LogP contribution is -2.49. The maximum atomic E-state index is 13.2. The molecule has 3 N–H and O–H groups in total. The van der Waals surface area contributed by atoms with Gasteiger partial charge in [-0.1, -0.05) is 6.92 Å². The molecule has 1 amide bonds. The molecule has 0 saturated carbocycles. The maximum Gasteiger partial charge on any atom is 0.335 e. The zero-order chi connectivity index (χ0) is 24.0. The van der Waals surface area contributed by atoms with Crippen molar-refractivity contribution >= 4 is 33.3 Å². The summed E-state index contributed by atoms with van der Waals surface area (Å²) >= 11 is 0. The van der Waals surface area contributed by atoms with Gasteiger partial charge in [0, 0.05) is 32.7 Å². The number of carbonyl (C=O) groups is 2. The number of halogens is 1. The third-order valence-electron chi connectivity index (χ3n) is 5.26. The molecule has 0 radical (unpaired) electrons. The summed E-state index contributed by atoms with van der Waals surface area (Å²) in [4.78, 5) is 27.2. The fourth-order valence-corrected chi connectivity index (χ4v) is 4.58.